The van der Waals surface area contributed by atoms with Gasteiger partial charge in [0.2, 0.25) is 10.0 Å². The molecular weight excluding hydrogens is 579 g/mol. The summed E-state index contributed by atoms with van der Waals surface area (Å²) >= 11 is 0. The molecule has 15 heteroatoms. The van der Waals surface area contributed by atoms with Gasteiger partial charge in [-0.05, 0) is 30.0 Å². The van der Waals surface area contributed by atoms with E-state index in [1.165, 1.54) is 0 Å². The maximum Gasteiger partial charge on any atom is 0.469 e. The first-order valence-electron chi connectivity index (χ1n) is 13.0. The van der Waals surface area contributed by atoms with Gasteiger partial charge in [0.05, 0.1) is 35.6 Å². The molecule has 0 saturated carbocycles. The van der Waals surface area contributed by atoms with E-state index in [9.17, 15) is 37.7 Å². The van der Waals surface area contributed by atoms with Crippen molar-refractivity contribution in [1.82, 2.24) is 4.31 Å². The molecule has 1 aliphatic heterocycles. The van der Waals surface area contributed by atoms with Crippen LogP contribution in [0.1, 0.15) is 32.3 Å². The molecule has 41 heavy (non-hydrogen) atoms. The van der Waals surface area contributed by atoms with Crippen LogP contribution in [0.3, 0.4) is 0 Å². The molecule has 13 nitrogen and oxygen atoms in total. The van der Waals surface area contributed by atoms with E-state index < -0.39 is 53.4 Å². The molecule has 0 spiro atoms. The summed E-state index contributed by atoms with van der Waals surface area (Å²) in [7, 11) is -9.45. The quantitative estimate of drug-likeness (QED) is 0.130. The van der Waals surface area contributed by atoms with E-state index in [-0.39, 0.29) is 42.5 Å². The van der Waals surface area contributed by atoms with Gasteiger partial charge >= 0.3 is 13.8 Å². The molecule has 0 aromatic heterocycles. The van der Waals surface area contributed by atoms with Crippen molar-refractivity contribution < 1.29 is 46.5 Å². The molecule has 0 bridgehead atoms. The summed E-state index contributed by atoms with van der Waals surface area (Å²) in [5.41, 5.74) is 0.443. The molecule has 226 valence electrons. The lowest BCUT2D eigenvalue weighted by Gasteiger charge is -2.32. The van der Waals surface area contributed by atoms with Crippen LogP contribution in [0.15, 0.2) is 59.5 Å². The van der Waals surface area contributed by atoms with E-state index in [0.29, 0.717) is 13.0 Å². The second-order valence-corrected chi connectivity index (χ2v) is 13.4. The highest BCUT2D eigenvalue weighted by atomic mass is 32.2. The maximum atomic E-state index is 13.7. The molecule has 3 rings (SSSR count). The average molecular weight is 615 g/mol. The highest BCUT2D eigenvalue weighted by molar-refractivity contribution is 7.89. The van der Waals surface area contributed by atoms with Crippen LogP contribution in [0.5, 0.6) is 0 Å². The number of phosphoric acid groups is 1. The van der Waals surface area contributed by atoms with Gasteiger partial charge < -0.3 is 19.3 Å². The predicted octanol–water partition coefficient (Wildman–Crippen LogP) is 3.30. The van der Waals surface area contributed by atoms with Crippen molar-refractivity contribution in [2.24, 2.45) is 11.8 Å². The van der Waals surface area contributed by atoms with Crippen LogP contribution < -0.4 is 0 Å². The molecule has 2 aromatic carbocycles. The predicted molar refractivity (Wildman–Crippen MR) is 147 cm³/mol. The molecule has 0 radical (unpaired) electrons. The van der Waals surface area contributed by atoms with Crippen LogP contribution >= 0.6 is 7.82 Å². The number of nitro benzene ring substituents is 1. The third-order valence-electron chi connectivity index (χ3n) is 6.39. The van der Waals surface area contributed by atoms with E-state index >= 15 is 0 Å². The van der Waals surface area contributed by atoms with Crippen molar-refractivity contribution in [3.05, 3.63) is 70.3 Å². The second kappa shape index (κ2) is 14.5. The van der Waals surface area contributed by atoms with E-state index in [1.807, 2.05) is 0 Å². The summed E-state index contributed by atoms with van der Waals surface area (Å²) in [4.78, 5) is 42.7. The number of hydrogen-bond donors (Lipinski definition) is 2. The Hall–Kier alpha value is -2.71. The molecule has 1 fully saturated rings. The summed E-state index contributed by atoms with van der Waals surface area (Å²) in [5.74, 6) is -1.73. The zero-order valence-electron chi connectivity index (χ0n) is 22.8. The van der Waals surface area contributed by atoms with Crippen LogP contribution in [0.4, 0.5) is 5.69 Å². The van der Waals surface area contributed by atoms with Gasteiger partial charge in [0.15, 0.2) is 0 Å². The highest BCUT2D eigenvalue weighted by Crippen LogP contribution is 2.41. The van der Waals surface area contributed by atoms with Gasteiger partial charge in [0, 0.05) is 37.6 Å². The van der Waals surface area contributed by atoms with E-state index in [0.717, 1.165) is 34.1 Å². The number of sulfonamides is 1. The van der Waals surface area contributed by atoms with Crippen molar-refractivity contribution in [3.63, 3.8) is 0 Å². The molecule has 2 N–H and O–H groups in total. The normalized spacial score (nSPS) is 17.5. The lowest BCUT2D eigenvalue weighted by Crippen LogP contribution is -2.44. The molecule has 1 heterocycles. The molecule has 2 aromatic rings. The first-order valence-corrected chi connectivity index (χ1v) is 16.0. The molecular formula is C26H35N2O11PS. The Kier molecular flexibility index (Phi) is 11.6. The fraction of sp³-hybridized carbons (Fsp3) is 0.500. The number of ether oxygens (including phenoxy) is 2. The van der Waals surface area contributed by atoms with Gasteiger partial charge in [-0.2, -0.15) is 4.31 Å². The monoisotopic (exact) mass is 614 g/mol. The van der Waals surface area contributed by atoms with Gasteiger partial charge in [0.25, 0.3) is 5.69 Å². The average Bonchev–Trinajstić information content (AvgIpc) is 3.40. The molecule has 1 aliphatic rings. The number of carbonyl (C=O) groups is 1. The zero-order chi connectivity index (χ0) is 30.2. The largest absolute Gasteiger partial charge is 0.469 e. The van der Waals surface area contributed by atoms with Crippen molar-refractivity contribution in [2.75, 3.05) is 26.3 Å². The van der Waals surface area contributed by atoms with Crippen LogP contribution in [-0.2, 0) is 39.8 Å². The lowest BCUT2D eigenvalue weighted by atomic mass is 9.90. The van der Waals surface area contributed by atoms with Crippen molar-refractivity contribution in [1.29, 1.82) is 0 Å². The molecule has 0 unspecified atom stereocenters. The van der Waals surface area contributed by atoms with Gasteiger partial charge in [-0.15, -0.1) is 0 Å². The molecule has 0 aliphatic carbocycles. The van der Waals surface area contributed by atoms with E-state index in [1.54, 1.807) is 44.2 Å². The summed E-state index contributed by atoms with van der Waals surface area (Å²) in [6.07, 6.45) is -1.51. The number of phosphoric ester groups is 1. The third kappa shape index (κ3) is 10.3. The molecule has 3 atom stereocenters. The topological polar surface area (TPSA) is 183 Å². The summed E-state index contributed by atoms with van der Waals surface area (Å²) in [5, 5.41) is 11.1. The maximum absolute atomic E-state index is 13.7. The molecule has 0 amide bonds. The number of hydrogen-bond acceptors (Lipinski definition) is 9. The van der Waals surface area contributed by atoms with Gasteiger partial charge in [-0.1, -0.05) is 44.2 Å². The smallest absolute Gasteiger partial charge is 0.460 e. The Morgan fingerprint density at radius 1 is 1.15 bits per heavy atom. The van der Waals surface area contributed by atoms with Gasteiger partial charge in [-0.25, -0.2) is 13.0 Å². The minimum absolute atomic E-state index is 0.0533. The summed E-state index contributed by atoms with van der Waals surface area (Å²) < 4.78 is 56.4. The van der Waals surface area contributed by atoms with Crippen molar-refractivity contribution >= 4 is 29.5 Å². The third-order valence-corrected chi connectivity index (χ3v) is 8.78. The number of carbonyl (C=O) groups excluding carboxylic acids is 1. The Bertz CT molecular complexity index is 1310. The van der Waals surface area contributed by atoms with E-state index in [2.05, 4.69) is 0 Å². The van der Waals surface area contributed by atoms with Crippen LogP contribution in [0.25, 0.3) is 0 Å². The Balaban J connectivity index is 1.97. The highest BCUT2D eigenvalue weighted by Gasteiger charge is 2.37. The minimum atomic E-state index is -5.15. The summed E-state index contributed by atoms with van der Waals surface area (Å²) in [6, 6.07) is 13.2. The summed E-state index contributed by atoms with van der Waals surface area (Å²) in [6.45, 7) is 3.66. The van der Waals surface area contributed by atoms with E-state index in [4.69, 9.17) is 14.0 Å². The van der Waals surface area contributed by atoms with Crippen molar-refractivity contribution in [3.8, 4) is 0 Å². The number of nitro groups is 1. The standard InChI is InChI=1S/C26H35N2O11PS/c1-19(2)16-27(41(35,36)24-10-8-22(9-11-24)28(30)31)17-25(39-40(32,33)34)21(14-20-6-4-3-5-7-20)15-26(29)38-23-12-13-37-18-23/h3-11,19,21,23,25H,12-18H2,1-2H3,(H2,32,33,34)/t21-,23-,25-/m1/s1. The number of benzene rings is 2. The molecule has 1 saturated heterocycles. The fourth-order valence-electron chi connectivity index (χ4n) is 4.52. The first-order chi connectivity index (χ1) is 19.2. The number of rotatable bonds is 15. The Morgan fingerprint density at radius 3 is 2.34 bits per heavy atom. The fourth-order valence-corrected chi connectivity index (χ4v) is 6.73. The first kappa shape index (κ1) is 32.8. The number of non-ortho nitro benzene ring substituents is 1. The zero-order valence-corrected chi connectivity index (χ0v) is 24.5. The number of esters is 1. The van der Waals surface area contributed by atoms with Crippen LogP contribution in [-0.4, -0.2) is 71.9 Å². The van der Waals surface area contributed by atoms with Crippen LogP contribution in [0.2, 0.25) is 0 Å². The van der Waals surface area contributed by atoms with Gasteiger partial charge in [0.1, 0.15) is 6.10 Å². The van der Waals surface area contributed by atoms with Gasteiger partial charge in [-0.3, -0.25) is 19.4 Å². The Morgan fingerprint density at radius 2 is 1.80 bits per heavy atom. The second-order valence-electron chi connectivity index (χ2n) is 10.2. The Labute approximate surface area is 238 Å². The number of nitrogens with zero attached hydrogens (tertiary/aromatic N) is 2. The lowest BCUT2D eigenvalue weighted by molar-refractivity contribution is -0.384. The van der Waals surface area contributed by atoms with Crippen molar-refractivity contribution in [2.45, 2.75) is 50.2 Å². The SMILES string of the molecule is CC(C)CN(C[C@@H](OP(=O)(O)O)[C@@H](CC(=O)O[C@@H]1CCOC1)Cc1ccccc1)S(=O)(=O)c1ccc([N+](=O)[O-])cc1. The minimum Gasteiger partial charge on any atom is -0.460 e. The van der Waals surface area contributed by atoms with Crippen LogP contribution in [0, 0.1) is 22.0 Å².